The summed E-state index contributed by atoms with van der Waals surface area (Å²) in [5.41, 5.74) is 2.85. The fraction of sp³-hybridized carbons (Fsp3) is 0.182. The molecule has 6 nitrogen and oxygen atoms in total. The van der Waals surface area contributed by atoms with Crippen molar-refractivity contribution in [2.45, 2.75) is 13.5 Å². The van der Waals surface area contributed by atoms with Gasteiger partial charge in [0.15, 0.2) is 0 Å². The SMILES string of the molecule is CCOc1ccc(NC(=O)c2cc(NCc3ccccc3OC)ccn2)cc1. The topological polar surface area (TPSA) is 72.5 Å². The molecule has 1 aromatic heterocycles. The van der Waals surface area contributed by atoms with Crippen LogP contribution in [0.3, 0.4) is 0 Å². The van der Waals surface area contributed by atoms with Gasteiger partial charge >= 0.3 is 0 Å². The Bertz CT molecular complexity index is 926. The predicted octanol–water partition coefficient (Wildman–Crippen LogP) is 4.35. The van der Waals surface area contributed by atoms with Crippen molar-refractivity contribution in [3.05, 3.63) is 78.1 Å². The second kappa shape index (κ2) is 9.41. The lowest BCUT2D eigenvalue weighted by molar-refractivity contribution is 0.102. The molecule has 2 aromatic carbocycles. The van der Waals surface area contributed by atoms with Crippen molar-refractivity contribution < 1.29 is 14.3 Å². The van der Waals surface area contributed by atoms with E-state index in [-0.39, 0.29) is 5.91 Å². The summed E-state index contributed by atoms with van der Waals surface area (Å²) in [6.45, 7) is 3.11. The van der Waals surface area contributed by atoms with E-state index in [1.807, 2.05) is 49.4 Å². The van der Waals surface area contributed by atoms with Crippen LogP contribution in [0.15, 0.2) is 66.9 Å². The largest absolute Gasteiger partial charge is 0.496 e. The van der Waals surface area contributed by atoms with Gasteiger partial charge < -0.3 is 20.1 Å². The Kier molecular flexibility index (Phi) is 6.46. The molecule has 6 heteroatoms. The fourth-order valence-corrected chi connectivity index (χ4v) is 2.71. The van der Waals surface area contributed by atoms with Crippen molar-refractivity contribution >= 4 is 17.3 Å². The molecule has 0 aliphatic rings. The summed E-state index contributed by atoms with van der Waals surface area (Å²) >= 11 is 0. The van der Waals surface area contributed by atoms with Crippen LogP contribution in [0.25, 0.3) is 0 Å². The normalized spacial score (nSPS) is 10.2. The Morgan fingerprint density at radius 3 is 2.57 bits per heavy atom. The average molecular weight is 377 g/mol. The number of anilines is 2. The van der Waals surface area contributed by atoms with Crippen molar-refractivity contribution in [2.24, 2.45) is 0 Å². The van der Waals surface area contributed by atoms with Crippen LogP contribution < -0.4 is 20.1 Å². The predicted molar refractivity (Wildman–Crippen MR) is 110 cm³/mol. The first-order valence-corrected chi connectivity index (χ1v) is 9.05. The third-order valence-electron chi connectivity index (χ3n) is 4.09. The van der Waals surface area contributed by atoms with E-state index in [1.165, 1.54) is 0 Å². The molecule has 3 aromatic rings. The van der Waals surface area contributed by atoms with E-state index in [9.17, 15) is 4.79 Å². The molecule has 0 spiro atoms. The van der Waals surface area contributed by atoms with Crippen molar-refractivity contribution in [1.29, 1.82) is 0 Å². The van der Waals surface area contributed by atoms with Gasteiger partial charge in [0.2, 0.25) is 0 Å². The van der Waals surface area contributed by atoms with Crippen molar-refractivity contribution in [1.82, 2.24) is 4.98 Å². The van der Waals surface area contributed by atoms with E-state index in [0.29, 0.717) is 24.5 Å². The summed E-state index contributed by atoms with van der Waals surface area (Å²) in [4.78, 5) is 16.7. The van der Waals surface area contributed by atoms with Gasteiger partial charge in [0.25, 0.3) is 5.91 Å². The molecule has 0 radical (unpaired) electrons. The van der Waals surface area contributed by atoms with Crippen LogP contribution in [0.4, 0.5) is 11.4 Å². The third kappa shape index (κ3) is 5.01. The molecule has 0 saturated heterocycles. The van der Waals surface area contributed by atoms with Crippen LogP contribution in [-0.4, -0.2) is 24.6 Å². The number of carbonyl (C=O) groups excluding carboxylic acids is 1. The summed E-state index contributed by atoms with van der Waals surface area (Å²) in [7, 11) is 1.65. The number of hydrogen-bond donors (Lipinski definition) is 2. The highest BCUT2D eigenvalue weighted by atomic mass is 16.5. The highest BCUT2D eigenvalue weighted by Gasteiger charge is 2.09. The number of hydrogen-bond acceptors (Lipinski definition) is 5. The molecule has 1 amide bonds. The van der Waals surface area contributed by atoms with E-state index in [2.05, 4.69) is 15.6 Å². The molecule has 0 atom stereocenters. The molecular formula is C22H23N3O3. The van der Waals surface area contributed by atoms with Crippen LogP contribution in [0.5, 0.6) is 11.5 Å². The minimum Gasteiger partial charge on any atom is -0.496 e. The lowest BCUT2D eigenvalue weighted by Gasteiger charge is -2.11. The molecule has 0 aliphatic carbocycles. The highest BCUT2D eigenvalue weighted by Crippen LogP contribution is 2.20. The minimum atomic E-state index is -0.273. The molecule has 0 saturated carbocycles. The molecule has 0 aliphatic heterocycles. The van der Waals surface area contributed by atoms with E-state index in [0.717, 1.165) is 22.7 Å². The number of amides is 1. The minimum absolute atomic E-state index is 0.273. The van der Waals surface area contributed by atoms with Gasteiger partial charge in [-0.15, -0.1) is 0 Å². The van der Waals surface area contributed by atoms with Gasteiger partial charge in [-0.1, -0.05) is 18.2 Å². The molecule has 0 fully saturated rings. The number of pyridine rings is 1. The molecule has 2 N–H and O–H groups in total. The standard InChI is InChI=1S/C22H23N3O3/c1-3-28-19-10-8-17(9-11-19)25-22(26)20-14-18(12-13-23-20)24-15-16-6-4-5-7-21(16)27-2/h4-14H,3,15H2,1-2H3,(H,23,24)(H,25,26). The Hall–Kier alpha value is -3.54. The monoisotopic (exact) mass is 377 g/mol. The van der Waals surface area contributed by atoms with E-state index >= 15 is 0 Å². The Balaban J connectivity index is 1.64. The van der Waals surface area contributed by atoms with E-state index in [4.69, 9.17) is 9.47 Å². The zero-order chi connectivity index (χ0) is 19.8. The number of nitrogens with zero attached hydrogens (tertiary/aromatic N) is 1. The smallest absolute Gasteiger partial charge is 0.274 e. The number of rotatable bonds is 8. The Morgan fingerprint density at radius 1 is 1.04 bits per heavy atom. The van der Waals surface area contributed by atoms with Crippen LogP contribution in [0, 0.1) is 0 Å². The molecule has 0 unspecified atom stereocenters. The second-order valence-electron chi connectivity index (χ2n) is 6.01. The first-order valence-electron chi connectivity index (χ1n) is 9.05. The Labute approximate surface area is 164 Å². The molecule has 1 heterocycles. The van der Waals surface area contributed by atoms with E-state index in [1.54, 1.807) is 31.5 Å². The van der Waals surface area contributed by atoms with Crippen molar-refractivity contribution in [3.63, 3.8) is 0 Å². The van der Waals surface area contributed by atoms with Gasteiger partial charge in [0, 0.05) is 29.7 Å². The summed E-state index contributed by atoms with van der Waals surface area (Å²) < 4.78 is 10.8. The fourth-order valence-electron chi connectivity index (χ4n) is 2.71. The summed E-state index contributed by atoms with van der Waals surface area (Å²) in [6.07, 6.45) is 1.61. The molecular weight excluding hydrogens is 354 g/mol. The maximum absolute atomic E-state index is 12.5. The van der Waals surface area contributed by atoms with Gasteiger partial charge in [0.05, 0.1) is 13.7 Å². The van der Waals surface area contributed by atoms with Crippen molar-refractivity contribution in [2.75, 3.05) is 24.4 Å². The maximum Gasteiger partial charge on any atom is 0.274 e. The molecule has 3 rings (SSSR count). The molecule has 28 heavy (non-hydrogen) atoms. The summed E-state index contributed by atoms with van der Waals surface area (Å²) in [5, 5.41) is 6.14. The third-order valence-corrected chi connectivity index (χ3v) is 4.09. The van der Waals surface area contributed by atoms with Crippen LogP contribution >= 0.6 is 0 Å². The number of methoxy groups -OCH3 is 1. The summed E-state index contributed by atoms with van der Waals surface area (Å²) in [6, 6.07) is 18.6. The first-order chi connectivity index (χ1) is 13.7. The number of para-hydroxylation sites is 1. The second-order valence-corrected chi connectivity index (χ2v) is 6.01. The quantitative estimate of drug-likeness (QED) is 0.610. The van der Waals surface area contributed by atoms with Crippen LogP contribution in [-0.2, 0) is 6.54 Å². The number of benzene rings is 2. The van der Waals surface area contributed by atoms with Crippen LogP contribution in [0.1, 0.15) is 23.0 Å². The number of aromatic nitrogens is 1. The molecule has 144 valence electrons. The van der Waals surface area contributed by atoms with Gasteiger partial charge in [-0.3, -0.25) is 9.78 Å². The number of ether oxygens (including phenoxy) is 2. The lowest BCUT2D eigenvalue weighted by atomic mass is 10.2. The first kappa shape index (κ1) is 19.2. The Morgan fingerprint density at radius 2 is 1.82 bits per heavy atom. The highest BCUT2D eigenvalue weighted by molar-refractivity contribution is 6.03. The van der Waals surface area contributed by atoms with Gasteiger partial charge in [-0.05, 0) is 49.4 Å². The lowest BCUT2D eigenvalue weighted by Crippen LogP contribution is -2.14. The van der Waals surface area contributed by atoms with Crippen LogP contribution in [0.2, 0.25) is 0 Å². The van der Waals surface area contributed by atoms with E-state index < -0.39 is 0 Å². The van der Waals surface area contributed by atoms with Gasteiger partial charge in [0.1, 0.15) is 17.2 Å². The zero-order valence-electron chi connectivity index (χ0n) is 15.9. The number of nitrogens with one attached hydrogen (secondary N) is 2. The summed E-state index contributed by atoms with van der Waals surface area (Å²) in [5.74, 6) is 1.31. The van der Waals surface area contributed by atoms with Gasteiger partial charge in [-0.2, -0.15) is 0 Å². The average Bonchev–Trinajstić information content (AvgIpc) is 2.74. The number of carbonyl (C=O) groups is 1. The van der Waals surface area contributed by atoms with Gasteiger partial charge in [-0.25, -0.2) is 0 Å². The zero-order valence-corrected chi connectivity index (χ0v) is 15.9. The maximum atomic E-state index is 12.5. The van der Waals surface area contributed by atoms with Crippen molar-refractivity contribution in [3.8, 4) is 11.5 Å². The molecule has 0 bridgehead atoms.